The van der Waals surface area contributed by atoms with Crippen molar-refractivity contribution in [2.75, 3.05) is 28.4 Å². The predicted octanol–water partition coefficient (Wildman–Crippen LogP) is 3.03. The number of nitriles is 1. The van der Waals surface area contributed by atoms with Crippen molar-refractivity contribution in [3.05, 3.63) is 52.9 Å². The molecule has 10 heteroatoms. The van der Waals surface area contributed by atoms with Gasteiger partial charge >= 0.3 is 0 Å². The van der Waals surface area contributed by atoms with Gasteiger partial charge in [-0.1, -0.05) is 6.07 Å². The molecule has 1 aliphatic heterocycles. The maximum absolute atomic E-state index is 10.1. The second-order valence-corrected chi connectivity index (χ2v) is 7.09. The number of aromatic hydroxyl groups is 1. The van der Waals surface area contributed by atoms with Crippen LogP contribution in [0.2, 0.25) is 0 Å². The number of hydrogen-bond acceptors (Lipinski definition) is 9. The van der Waals surface area contributed by atoms with E-state index in [0.717, 1.165) is 0 Å². The molecule has 2 heterocycles. The zero-order valence-electron chi connectivity index (χ0n) is 18.4. The summed E-state index contributed by atoms with van der Waals surface area (Å²) in [5.41, 5.74) is 8.73. The summed E-state index contributed by atoms with van der Waals surface area (Å²) in [5.74, 6) is 1.11. The van der Waals surface area contributed by atoms with Crippen LogP contribution in [0, 0.1) is 11.3 Å². The third-order valence-electron chi connectivity index (χ3n) is 5.43. The number of methoxy groups -OCH3 is 4. The Balaban J connectivity index is 1.97. The average Bonchev–Trinajstić information content (AvgIpc) is 3.25. The fourth-order valence-electron chi connectivity index (χ4n) is 3.90. The molecule has 0 radical (unpaired) electrons. The molecule has 1 aromatic heterocycles. The Bertz CT molecular complexity index is 1270. The minimum absolute atomic E-state index is 0.0268. The number of phenolic OH excluding ortho intramolecular Hbond substituents is 1. The Labute approximate surface area is 189 Å². The van der Waals surface area contributed by atoms with Crippen molar-refractivity contribution >= 4 is 0 Å². The van der Waals surface area contributed by atoms with Crippen molar-refractivity contribution in [1.29, 1.82) is 5.26 Å². The van der Waals surface area contributed by atoms with Gasteiger partial charge in [-0.15, -0.1) is 5.10 Å². The molecule has 0 saturated heterocycles. The van der Waals surface area contributed by atoms with Gasteiger partial charge in [0.2, 0.25) is 17.5 Å². The van der Waals surface area contributed by atoms with Gasteiger partial charge in [0, 0.05) is 5.56 Å². The Morgan fingerprint density at radius 3 is 2.27 bits per heavy atom. The lowest BCUT2D eigenvalue weighted by atomic mass is 9.83. The second kappa shape index (κ2) is 8.55. The fraction of sp³-hybridized carbons (Fsp3) is 0.217. The van der Waals surface area contributed by atoms with Gasteiger partial charge in [-0.05, 0) is 29.8 Å². The van der Waals surface area contributed by atoms with Crippen molar-refractivity contribution in [3.8, 4) is 52.0 Å². The van der Waals surface area contributed by atoms with Crippen LogP contribution in [0.3, 0.4) is 0 Å². The molecule has 0 aliphatic carbocycles. The van der Waals surface area contributed by atoms with E-state index in [1.165, 1.54) is 34.5 Å². The summed E-state index contributed by atoms with van der Waals surface area (Å²) in [4.78, 5) is 0. The fourth-order valence-corrected chi connectivity index (χ4v) is 3.90. The largest absolute Gasteiger partial charge is 0.504 e. The topological polar surface area (TPSA) is 145 Å². The number of hydrogen-bond donors (Lipinski definition) is 3. The van der Waals surface area contributed by atoms with Gasteiger partial charge < -0.3 is 34.5 Å². The van der Waals surface area contributed by atoms with Crippen molar-refractivity contribution in [1.82, 2.24) is 10.2 Å². The van der Waals surface area contributed by atoms with Crippen molar-refractivity contribution in [2.45, 2.75) is 5.92 Å². The summed E-state index contributed by atoms with van der Waals surface area (Å²) in [6, 6.07) is 10.5. The smallest absolute Gasteiger partial charge is 0.244 e. The van der Waals surface area contributed by atoms with Crippen LogP contribution in [0.4, 0.5) is 0 Å². The van der Waals surface area contributed by atoms with Crippen LogP contribution < -0.4 is 29.4 Å². The molecule has 1 atom stereocenters. The van der Waals surface area contributed by atoms with Crippen LogP contribution in [0.25, 0.3) is 11.3 Å². The van der Waals surface area contributed by atoms with Crippen LogP contribution in [0.5, 0.6) is 34.6 Å². The van der Waals surface area contributed by atoms with E-state index in [0.29, 0.717) is 39.6 Å². The molecule has 4 rings (SSSR count). The summed E-state index contributed by atoms with van der Waals surface area (Å²) >= 11 is 0. The van der Waals surface area contributed by atoms with Gasteiger partial charge in [-0.3, -0.25) is 5.10 Å². The number of aromatic amines is 1. The number of nitrogens with two attached hydrogens (primary N) is 1. The van der Waals surface area contributed by atoms with Crippen LogP contribution in [0.1, 0.15) is 17.0 Å². The first kappa shape index (κ1) is 21.7. The molecule has 3 aromatic rings. The molecule has 0 amide bonds. The lowest BCUT2D eigenvalue weighted by Crippen LogP contribution is -2.21. The van der Waals surface area contributed by atoms with E-state index in [-0.39, 0.29) is 28.8 Å². The number of allylic oxidation sites excluding steroid dienone is 1. The molecule has 0 spiro atoms. The van der Waals surface area contributed by atoms with Gasteiger partial charge in [0.05, 0.1) is 45.6 Å². The summed E-state index contributed by atoms with van der Waals surface area (Å²) in [7, 11) is 6.01. The number of ether oxygens (including phenoxy) is 5. The van der Waals surface area contributed by atoms with Gasteiger partial charge in [0.25, 0.3) is 0 Å². The van der Waals surface area contributed by atoms with Gasteiger partial charge in [0.1, 0.15) is 11.6 Å². The zero-order chi connectivity index (χ0) is 23.7. The highest BCUT2D eigenvalue weighted by molar-refractivity contribution is 5.75. The standard InChI is InChI=1S/C23H22N4O6/c1-29-15-7-11(5-6-14(15)28)18-13(10-24)22(25)33-23-19(18)20(26-27-23)12-8-16(30-2)21(32-4)17(9-12)31-3/h5-9,18,28H,25H2,1-4H3,(H,26,27)/t18-/m1/s1. The van der Waals surface area contributed by atoms with E-state index in [4.69, 9.17) is 29.4 Å². The first-order valence-electron chi connectivity index (χ1n) is 9.80. The van der Waals surface area contributed by atoms with E-state index in [9.17, 15) is 10.4 Å². The van der Waals surface area contributed by atoms with Crippen molar-refractivity contribution in [2.24, 2.45) is 5.73 Å². The molecule has 33 heavy (non-hydrogen) atoms. The molecular formula is C23H22N4O6. The highest BCUT2D eigenvalue weighted by Gasteiger charge is 2.36. The van der Waals surface area contributed by atoms with Gasteiger partial charge in [-0.25, -0.2) is 0 Å². The first-order chi connectivity index (χ1) is 16.0. The molecule has 2 aromatic carbocycles. The summed E-state index contributed by atoms with van der Waals surface area (Å²) in [6.07, 6.45) is 0. The number of aromatic nitrogens is 2. The lowest BCUT2D eigenvalue weighted by Gasteiger charge is -2.24. The third kappa shape index (κ3) is 3.49. The van der Waals surface area contributed by atoms with E-state index in [1.54, 1.807) is 24.3 Å². The van der Waals surface area contributed by atoms with Crippen LogP contribution >= 0.6 is 0 Å². The Morgan fingerprint density at radius 1 is 1.03 bits per heavy atom. The normalized spacial score (nSPS) is 14.7. The number of benzene rings is 2. The van der Waals surface area contributed by atoms with Crippen molar-refractivity contribution < 1.29 is 28.8 Å². The molecule has 0 bridgehead atoms. The molecule has 170 valence electrons. The maximum atomic E-state index is 10.1. The monoisotopic (exact) mass is 450 g/mol. The number of fused-ring (bicyclic) bond motifs is 1. The number of phenols is 1. The number of nitrogens with zero attached hydrogens (tertiary/aromatic N) is 2. The van der Waals surface area contributed by atoms with E-state index >= 15 is 0 Å². The average molecular weight is 450 g/mol. The SMILES string of the molecule is COc1cc([C@@H]2C(C#N)=C(N)Oc3n[nH]c(-c4cc(OC)c(OC)c(OC)c4)c32)ccc1O. The lowest BCUT2D eigenvalue weighted by molar-refractivity contribution is 0.324. The zero-order valence-corrected chi connectivity index (χ0v) is 18.4. The Hall–Kier alpha value is -4.52. The van der Waals surface area contributed by atoms with Crippen molar-refractivity contribution in [3.63, 3.8) is 0 Å². The summed E-state index contributed by atoms with van der Waals surface area (Å²) in [6.45, 7) is 0. The third-order valence-corrected chi connectivity index (χ3v) is 5.43. The van der Waals surface area contributed by atoms with Crippen LogP contribution in [0.15, 0.2) is 41.8 Å². The summed E-state index contributed by atoms with van der Waals surface area (Å²) in [5, 5.41) is 27.2. The molecule has 4 N–H and O–H groups in total. The molecule has 1 aliphatic rings. The predicted molar refractivity (Wildman–Crippen MR) is 118 cm³/mol. The van der Waals surface area contributed by atoms with Gasteiger partial charge in [-0.2, -0.15) is 5.26 Å². The minimum atomic E-state index is -0.638. The molecule has 10 nitrogen and oxygen atoms in total. The van der Waals surface area contributed by atoms with Gasteiger partial charge in [0.15, 0.2) is 23.0 Å². The number of H-pyrrole nitrogens is 1. The summed E-state index contributed by atoms with van der Waals surface area (Å²) < 4.78 is 27.3. The maximum Gasteiger partial charge on any atom is 0.244 e. The minimum Gasteiger partial charge on any atom is -0.504 e. The van der Waals surface area contributed by atoms with Crippen LogP contribution in [-0.2, 0) is 0 Å². The first-order valence-corrected chi connectivity index (χ1v) is 9.80. The molecule has 0 saturated carbocycles. The Kier molecular flexibility index (Phi) is 5.62. The second-order valence-electron chi connectivity index (χ2n) is 7.09. The molecule has 0 unspecified atom stereocenters. The number of nitrogens with one attached hydrogen (secondary N) is 1. The highest BCUT2D eigenvalue weighted by atomic mass is 16.5. The quantitative estimate of drug-likeness (QED) is 0.516. The van der Waals surface area contributed by atoms with E-state index in [2.05, 4.69) is 16.3 Å². The Morgan fingerprint density at radius 2 is 1.70 bits per heavy atom. The van der Waals surface area contributed by atoms with E-state index < -0.39 is 5.92 Å². The number of rotatable bonds is 6. The van der Waals surface area contributed by atoms with Crippen LogP contribution in [-0.4, -0.2) is 43.7 Å². The highest BCUT2D eigenvalue weighted by Crippen LogP contribution is 2.49. The van der Waals surface area contributed by atoms with E-state index in [1.807, 2.05) is 0 Å². The molecule has 0 fully saturated rings. The molecular weight excluding hydrogens is 428 g/mol.